The van der Waals surface area contributed by atoms with Crippen LogP contribution in [0.1, 0.15) is 13.3 Å². The van der Waals surface area contributed by atoms with Crippen molar-refractivity contribution in [2.75, 3.05) is 6.61 Å². The third-order valence-corrected chi connectivity index (χ3v) is 2.64. The molecular weight excluding hydrogens is 223 g/mol. The van der Waals surface area contributed by atoms with E-state index >= 15 is 0 Å². The number of hydrogen-bond acceptors (Lipinski definition) is 6. The third kappa shape index (κ3) is 1.76. The maximum Gasteiger partial charge on any atom is 0.317 e. The van der Waals surface area contributed by atoms with E-state index in [0.717, 1.165) is 0 Å². The monoisotopic (exact) mass is 234 g/mol. The lowest BCUT2D eigenvalue weighted by Crippen LogP contribution is -2.48. The van der Waals surface area contributed by atoms with Crippen molar-refractivity contribution >= 4 is 11.9 Å². The second-order valence-electron chi connectivity index (χ2n) is 3.81. The summed E-state index contributed by atoms with van der Waals surface area (Å²) in [6.07, 6.45) is -4.17. The van der Waals surface area contributed by atoms with Crippen molar-refractivity contribution in [1.29, 1.82) is 0 Å². The van der Waals surface area contributed by atoms with Crippen LogP contribution in [0.25, 0.3) is 0 Å². The van der Waals surface area contributed by atoms with E-state index in [-0.39, 0.29) is 6.61 Å². The van der Waals surface area contributed by atoms with Gasteiger partial charge in [0.1, 0.15) is 25.2 Å². The molecule has 0 spiro atoms. The fraction of sp³-hybridized carbons (Fsp3) is 0.778. The molecule has 6 nitrogen and oxygen atoms in total. The number of esters is 2. The molecule has 7 heteroatoms. The molecule has 0 saturated carbocycles. The van der Waals surface area contributed by atoms with E-state index in [2.05, 4.69) is 9.47 Å². The number of cyclic esters (lactones) is 1. The van der Waals surface area contributed by atoms with E-state index < -0.39 is 42.5 Å². The Bertz CT molecular complexity index is 328. The lowest BCUT2D eigenvalue weighted by molar-refractivity contribution is -0.199. The van der Waals surface area contributed by atoms with E-state index in [1.54, 1.807) is 0 Å². The highest BCUT2D eigenvalue weighted by atomic mass is 19.2. The number of carbonyl (C=O) groups excluding carboxylic acids is 2. The van der Waals surface area contributed by atoms with Crippen LogP contribution in [0.15, 0.2) is 0 Å². The zero-order valence-electron chi connectivity index (χ0n) is 8.51. The maximum absolute atomic E-state index is 13.7. The molecule has 0 amide bonds. The van der Waals surface area contributed by atoms with Gasteiger partial charge in [-0.3, -0.25) is 9.59 Å². The van der Waals surface area contributed by atoms with E-state index in [9.17, 15) is 19.1 Å². The van der Waals surface area contributed by atoms with Gasteiger partial charge in [0, 0.05) is 0 Å². The lowest BCUT2D eigenvalue weighted by atomic mass is 10.1. The highest BCUT2D eigenvalue weighted by Crippen LogP contribution is 2.35. The molecule has 0 radical (unpaired) electrons. The minimum atomic E-state index is -2.76. The van der Waals surface area contributed by atoms with Gasteiger partial charge >= 0.3 is 11.9 Å². The van der Waals surface area contributed by atoms with Crippen LogP contribution in [0.2, 0.25) is 0 Å². The Hall–Kier alpha value is -1.21. The molecular formula is C9H11FO6. The molecule has 0 aliphatic carbocycles. The van der Waals surface area contributed by atoms with E-state index in [0.29, 0.717) is 0 Å². The second kappa shape index (κ2) is 3.67. The van der Waals surface area contributed by atoms with Crippen molar-refractivity contribution in [2.45, 2.75) is 37.5 Å². The Kier molecular flexibility index (Phi) is 2.59. The van der Waals surface area contributed by atoms with Crippen LogP contribution >= 0.6 is 0 Å². The van der Waals surface area contributed by atoms with Gasteiger partial charge in [0.25, 0.3) is 5.85 Å². The standard InChI is InChI=1S/C9H11FO6/c1-4-9(10,13)8-5(15-4)3-14-6(11)2-7(12)16-8/h4-5,8,13H,2-3H2,1H3/t4-,5+,8?,9+/m0/s1. The quantitative estimate of drug-likeness (QED) is 0.440. The molecule has 2 saturated heterocycles. The Morgan fingerprint density at radius 3 is 2.81 bits per heavy atom. The molecule has 2 aliphatic rings. The number of carbonyl (C=O) groups is 2. The zero-order valence-corrected chi connectivity index (χ0v) is 8.51. The number of fused-ring (bicyclic) bond motifs is 1. The molecule has 2 aliphatic heterocycles. The summed E-state index contributed by atoms with van der Waals surface area (Å²) in [4.78, 5) is 22.1. The Labute approximate surface area is 90.3 Å². The first-order valence-electron chi connectivity index (χ1n) is 4.83. The van der Waals surface area contributed by atoms with Gasteiger partial charge in [-0.1, -0.05) is 0 Å². The van der Waals surface area contributed by atoms with Gasteiger partial charge < -0.3 is 19.3 Å². The van der Waals surface area contributed by atoms with E-state index in [4.69, 9.17) is 4.74 Å². The molecule has 0 bridgehead atoms. The zero-order chi connectivity index (χ0) is 11.9. The fourth-order valence-corrected chi connectivity index (χ4v) is 1.73. The summed E-state index contributed by atoms with van der Waals surface area (Å²) in [6, 6.07) is 0. The van der Waals surface area contributed by atoms with Gasteiger partial charge in [0.2, 0.25) is 0 Å². The summed E-state index contributed by atoms with van der Waals surface area (Å²) in [5, 5.41) is 9.45. The third-order valence-electron chi connectivity index (χ3n) is 2.64. The summed E-state index contributed by atoms with van der Waals surface area (Å²) < 4.78 is 28.1. The number of alkyl halides is 1. The number of rotatable bonds is 0. The van der Waals surface area contributed by atoms with Crippen molar-refractivity contribution < 1.29 is 33.3 Å². The number of ether oxygens (including phenoxy) is 3. The van der Waals surface area contributed by atoms with E-state index in [1.807, 2.05) is 0 Å². The van der Waals surface area contributed by atoms with Crippen molar-refractivity contribution in [3.63, 3.8) is 0 Å². The maximum atomic E-state index is 13.7. The minimum absolute atomic E-state index is 0.243. The Morgan fingerprint density at radius 1 is 1.44 bits per heavy atom. The molecule has 4 atom stereocenters. The van der Waals surface area contributed by atoms with Crippen molar-refractivity contribution in [3.8, 4) is 0 Å². The fourth-order valence-electron chi connectivity index (χ4n) is 1.73. The van der Waals surface area contributed by atoms with Gasteiger partial charge in [-0.2, -0.15) is 0 Å². The normalized spacial score (nSPS) is 44.1. The molecule has 1 unspecified atom stereocenters. The lowest BCUT2D eigenvalue weighted by Gasteiger charge is -2.26. The van der Waals surface area contributed by atoms with Gasteiger partial charge in [0.15, 0.2) is 6.10 Å². The van der Waals surface area contributed by atoms with Crippen molar-refractivity contribution in [1.82, 2.24) is 0 Å². The minimum Gasteiger partial charge on any atom is -0.462 e. The number of hydrogen-bond donors (Lipinski definition) is 1. The van der Waals surface area contributed by atoms with Crippen LogP contribution in [0, 0.1) is 0 Å². The molecule has 2 heterocycles. The van der Waals surface area contributed by atoms with Gasteiger partial charge in [-0.05, 0) is 6.92 Å². The highest BCUT2D eigenvalue weighted by molar-refractivity contribution is 5.91. The summed E-state index contributed by atoms with van der Waals surface area (Å²) in [5.74, 6) is -4.45. The van der Waals surface area contributed by atoms with Crippen molar-refractivity contribution in [2.24, 2.45) is 0 Å². The second-order valence-corrected chi connectivity index (χ2v) is 3.81. The first-order chi connectivity index (χ1) is 7.41. The summed E-state index contributed by atoms with van der Waals surface area (Å²) in [6.45, 7) is 1.06. The van der Waals surface area contributed by atoms with Crippen LogP contribution in [0.5, 0.6) is 0 Å². The molecule has 0 aromatic heterocycles. The van der Waals surface area contributed by atoms with E-state index in [1.165, 1.54) is 6.92 Å². The van der Waals surface area contributed by atoms with Gasteiger partial charge in [0.05, 0.1) is 0 Å². The molecule has 2 rings (SSSR count). The summed E-state index contributed by atoms with van der Waals surface area (Å²) in [5.41, 5.74) is 0. The van der Waals surface area contributed by atoms with Gasteiger partial charge in [-0.25, -0.2) is 4.39 Å². The van der Waals surface area contributed by atoms with Crippen molar-refractivity contribution in [3.05, 3.63) is 0 Å². The first kappa shape index (κ1) is 11.3. The smallest absolute Gasteiger partial charge is 0.317 e. The first-order valence-corrected chi connectivity index (χ1v) is 4.83. The van der Waals surface area contributed by atoms with Crippen LogP contribution in [0.3, 0.4) is 0 Å². The molecule has 0 aromatic rings. The SMILES string of the molecule is C[C@@H]1O[C@@H]2COC(=O)CC(=O)OC2[C@@]1(O)F. The Morgan fingerprint density at radius 2 is 2.12 bits per heavy atom. The molecule has 0 aromatic carbocycles. The molecule has 90 valence electrons. The summed E-state index contributed by atoms with van der Waals surface area (Å²) in [7, 11) is 0. The van der Waals surface area contributed by atoms with Crippen LogP contribution in [-0.2, 0) is 23.8 Å². The summed E-state index contributed by atoms with van der Waals surface area (Å²) >= 11 is 0. The highest BCUT2D eigenvalue weighted by Gasteiger charge is 2.58. The predicted molar refractivity (Wildman–Crippen MR) is 45.8 cm³/mol. The molecule has 2 fully saturated rings. The predicted octanol–water partition coefficient (Wildman–Crippen LogP) is -0.710. The van der Waals surface area contributed by atoms with Crippen LogP contribution < -0.4 is 0 Å². The molecule has 16 heavy (non-hydrogen) atoms. The van der Waals surface area contributed by atoms with Gasteiger partial charge in [-0.15, -0.1) is 0 Å². The Balaban J connectivity index is 2.20. The average Bonchev–Trinajstić information content (AvgIpc) is 2.36. The van der Waals surface area contributed by atoms with Crippen LogP contribution in [0.4, 0.5) is 4.39 Å². The average molecular weight is 234 g/mol. The van der Waals surface area contributed by atoms with Crippen LogP contribution in [-0.4, -0.2) is 47.8 Å². The number of aliphatic hydroxyl groups is 1. The largest absolute Gasteiger partial charge is 0.462 e. The topological polar surface area (TPSA) is 82.1 Å². The number of halogens is 1. The molecule has 1 N–H and O–H groups in total.